The van der Waals surface area contributed by atoms with Crippen molar-refractivity contribution in [2.45, 2.75) is 56.9 Å². The van der Waals surface area contributed by atoms with Crippen molar-refractivity contribution in [1.29, 1.82) is 5.26 Å². The van der Waals surface area contributed by atoms with Crippen LogP contribution in [0.25, 0.3) is 0 Å². The molecule has 0 saturated heterocycles. The molecule has 0 aromatic heterocycles. The third kappa shape index (κ3) is 3.74. The van der Waals surface area contributed by atoms with Crippen molar-refractivity contribution in [2.24, 2.45) is 5.92 Å². The smallest absolute Gasteiger partial charge is 0.103 e. The zero-order valence-electron chi connectivity index (χ0n) is 13.4. The van der Waals surface area contributed by atoms with Crippen molar-refractivity contribution in [3.8, 4) is 6.07 Å². The van der Waals surface area contributed by atoms with Gasteiger partial charge in [-0.05, 0) is 49.5 Å². The van der Waals surface area contributed by atoms with E-state index in [4.69, 9.17) is 0 Å². The van der Waals surface area contributed by atoms with E-state index >= 15 is 0 Å². The van der Waals surface area contributed by atoms with Gasteiger partial charge in [0.1, 0.15) is 6.07 Å². The zero-order valence-corrected chi connectivity index (χ0v) is 14.2. The van der Waals surface area contributed by atoms with Crippen LogP contribution in [0.4, 0.5) is 5.69 Å². The van der Waals surface area contributed by atoms with Gasteiger partial charge in [-0.1, -0.05) is 26.3 Å². The molecule has 1 fully saturated rings. The van der Waals surface area contributed by atoms with Crippen LogP contribution in [-0.4, -0.2) is 18.8 Å². The van der Waals surface area contributed by atoms with Crippen LogP contribution in [0.3, 0.4) is 0 Å². The number of rotatable bonds is 5. The van der Waals surface area contributed by atoms with E-state index in [1.807, 2.05) is 0 Å². The van der Waals surface area contributed by atoms with Crippen molar-refractivity contribution in [1.82, 2.24) is 0 Å². The normalized spacial score (nSPS) is 21.8. The summed E-state index contributed by atoms with van der Waals surface area (Å²) in [7, 11) is 2.16. The predicted molar refractivity (Wildman–Crippen MR) is 92.0 cm³/mol. The Morgan fingerprint density at radius 2 is 1.95 bits per heavy atom. The molecule has 0 heterocycles. The molecule has 0 spiro atoms. The molecular weight excluding hydrogens is 276 g/mol. The number of nitrogens with zero attached hydrogens (tertiary/aromatic N) is 2. The topological polar surface area (TPSA) is 27.0 Å². The number of nitriles is 1. The van der Waals surface area contributed by atoms with Crippen LogP contribution < -0.4 is 4.90 Å². The molecule has 114 valence electrons. The highest BCUT2D eigenvalue weighted by atomic mass is 32.2. The molecular formula is C18H26N2S. The lowest BCUT2D eigenvalue weighted by Crippen LogP contribution is -2.35. The Balaban J connectivity index is 2.18. The molecule has 1 aromatic carbocycles. The molecule has 0 radical (unpaired) electrons. The molecule has 21 heavy (non-hydrogen) atoms. The van der Waals surface area contributed by atoms with Crippen LogP contribution >= 0.6 is 11.8 Å². The van der Waals surface area contributed by atoms with Crippen LogP contribution in [0.2, 0.25) is 0 Å². The minimum atomic E-state index is 0.585. The second-order valence-electron chi connectivity index (χ2n) is 5.89. The van der Waals surface area contributed by atoms with Crippen molar-refractivity contribution in [3.05, 3.63) is 23.8 Å². The number of hydrogen-bond acceptors (Lipinski definition) is 3. The van der Waals surface area contributed by atoms with Gasteiger partial charge in [0.15, 0.2) is 0 Å². The lowest BCUT2D eigenvalue weighted by atomic mass is 9.84. The van der Waals surface area contributed by atoms with E-state index in [-0.39, 0.29) is 0 Å². The average molecular weight is 302 g/mol. The first-order valence-corrected chi connectivity index (χ1v) is 9.08. The van der Waals surface area contributed by atoms with Gasteiger partial charge in [-0.3, -0.25) is 0 Å². The average Bonchev–Trinajstić information content (AvgIpc) is 2.54. The van der Waals surface area contributed by atoms with Gasteiger partial charge >= 0.3 is 0 Å². The second kappa shape index (κ2) is 7.75. The van der Waals surface area contributed by atoms with Gasteiger partial charge in [0.05, 0.1) is 11.3 Å². The lowest BCUT2D eigenvalue weighted by molar-refractivity contribution is 0.313. The molecule has 2 rings (SSSR count). The van der Waals surface area contributed by atoms with Gasteiger partial charge in [0.25, 0.3) is 0 Å². The first-order chi connectivity index (χ1) is 10.2. The van der Waals surface area contributed by atoms with Crippen LogP contribution in [0, 0.1) is 17.2 Å². The molecule has 1 aliphatic carbocycles. The van der Waals surface area contributed by atoms with Gasteiger partial charge in [0, 0.05) is 18.0 Å². The highest BCUT2D eigenvalue weighted by molar-refractivity contribution is 7.99. The van der Waals surface area contributed by atoms with Crippen LogP contribution in [0.5, 0.6) is 0 Å². The van der Waals surface area contributed by atoms with E-state index in [0.29, 0.717) is 6.04 Å². The molecule has 0 unspecified atom stereocenters. The Morgan fingerprint density at radius 1 is 1.24 bits per heavy atom. The van der Waals surface area contributed by atoms with Crippen LogP contribution in [0.15, 0.2) is 23.1 Å². The highest BCUT2D eigenvalue weighted by Crippen LogP contribution is 2.35. The summed E-state index contributed by atoms with van der Waals surface area (Å²) < 4.78 is 0. The summed E-state index contributed by atoms with van der Waals surface area (Å²) in [5.74, 6) is 1.91. The minimum absolute atomic E-state index is 0.585. The maximum absolute atomic E-state index is 9.56. The first-order valence-electron chi connectivity index (χ1n) is 8.09. The molecule has 0 aliphatic heterocycles. The van der Waals surface area contributed by atoms with Crippen LogP contribution in [-0.2, 0) is 0 Å². The summed E-state index contributed by atoms with van der Waals surface area (Å²) in [6.45, 7) is 4.43. The maximum atomic E-state index is 9.56. The van der Waals surface area contributed by atoms with Gasteiger partial charge in [0.2, 0.25) is 0 Å². The van der Waals surface area contributed by atoms with E-state index < -0.39 is 0 Å². The number of hydrogen-bond donors (Lipinski definition) is 0. The van der Waals surface area contributed by atoms with E-state index in [2.05, 4.69) is 50.1 Å². The van der Waals surface area contributed by atoms with E-state index in [0.717, 1.165) is 27.8 Å². The Kier molecular flexibility index (Phi) is 5.99. The van der Waals surface area contributed by atoms with Crippen molar-refractivity contribution in [3.63, 3.8) is 0 Å². The lowest BCUT2D eigenvalue weighted by Gasteiger charge is -2.36. The summed E-state index contributed by atoms with van der Waals surface area (Å²) in [4.78, 5) is 3.47. The molecule has 3 heteroatoms. The maximum Gasteiger partial charge on any atom is 0.103 e. The fraction of sp³-hybridized carbons (Fsp3) is 0.611. The molecule has 0 atom stereocenters. The van der Waals surface area contributed by atoms with Crippen LogP contribution in [0.1, 0.15) is 51.5 Å². The SMILES string of the molecule is CCSc1cccc(N(C)C2CCC(CC)CC2)c1C#N. The standard InChI is InChI=1S/C18H26N2S/c1-4-14-9-11-15(12-10-14)20(3)17-7-6-8-18(21-5-2)16(17)13-19/h6-8,14-15H,4-5,9-12H2,1-3H3. The van der Waals surface area contributed by atoms with Crippen molar-refractivity contribution in [2.75, 3.05) is 17.7 Å². The number of benzene rings is 1. The van der Waals surface area contributed by atoms with Gasteiger partial charge in [-0.25, -0.2) is 0 Å². The highest BCUT2D eigenvalue weighted by Gasteiger charge is 2.25. The predicted octanol–water partition coefficient (Wildman–Crippen LogP) is 5.08. The summed E-state index contributed by atoms with van der Waals surface area (Å²) in [5.41, 5.74) is 1.96. The monoisotopic (exact) mass is 302 g/mol. The first kappa shape index (κ1) is 16.2. The summed E-state index contributed by atoms with van der Waals surface area (Å²) in [6, 6.07) is 9.27. The summed E-state index contributed by atoms with van der Waals surface area (Å²) in [5, 5.41) is 9.56. The fourth-order valence-corrected chi connectivity index (χ4v) is 4.12. The van der Waals surface area contributed by atoms with E-state index in [9.17, 15) is 5.26 Å². The molecule has 0 amide bonds. The Hall–Kier alpha value is -1.14. The number of anilines is 1. The molecule has 1 aliphatic rings. The Morgan fingerprint density at radius 3 is 2.52 bits per heavy atom. The molecule has 1 aromatic rings. The summed E-state index contributed by atoms with van der Waals surface area (Å²) >= 11 is 1.76. The zero-order chi connectivity index (χ0) is 15.2. The second-order valence-corrected chi connectivity index (χ2v) is 7.19. The third-order valence-corrected chi connectivity index (χ3v) is 5.68. The molecule has 2 nitrogen and oxygen atoms in total. The third-order valence-electron chi connectivity index (χ3n) is 4.74. The van der Waals surface area contributed by atoms with E-state index in [1.54, 1.807) is 11.8 Å². The molecule has 0 bridgehead atoms. The quantitative estimate of drug-likeness (QED) is 0.710. The minimum Gasteiger partial charge on any atom is -0.371 e. The van der Waals surface area contributed by atoms with E-state index in [1.165, 1.54) is 32.1 Å². The Labute approximate surface area is 133 Å². The van der Waals surface area contributed by atoms with Gasteiger partial charge in [-0.2, -0.15) is 5.26 Å². The van der Waals surface area contributed by atoms with Gasteiger partial charge < -0.3 is 4.90 Å². The van der Waals surface area contributed by atoms with Crippen molar-refractivity contribution < 1.29 is 0 Å². The van der Waals surface area contributed by atoms with Crippen molar-refractivity contribution >= 4 is 17.4 Å². The molecule has 1 saturated carbocycles. The summed E-state index contributed by atoms with van der Waals surface area (Å²) in [6.07, 6.45) is 6.48. The largest absolute Gasteiger partial charge is 0.371 e. The molecule has 0 N–H and O–H groups in total. The number of thioether (sulfide) groups is 1. The Bertz CT molecular complexity index is 498. The fourth-order valence-electron chi connectivity index (χ4n) is 3.34. The van der Waals surface area contributed by atoms with Gasteiger partial charge in [-0.15, -0.1) is 11.8 Å².